The van der Waals surface area contributed by atoms with Crippen LogP contribution in [0.1, 0.15) is 6.92 Å². The van der Waals surface area contributed by atoms with Crippen molar-refractivity contribution in [2.45, 2.75) is 6.92 Å². The van der Waals surface area contributed by atoms with Gasteiger partial charge in [-0.2, -0.15) is 0 Å². The van der Waals surface area contributed by atoms with Gasteiger partial charge in [0.25, 0.3) is 0 Å². The minimum atomic E-state index is -0.385. The van der Waals surface area contributed by atoms with Crippen LogP contribution in [0.5, 0.6) is 0 Å². The zero-order valence-electron chi connectivity index (χ0n) is 7.80. The summed E-state index contributed by atoms with van der Waals surface area (Å²) in [6.45, 7) is 5.19. The minimum absolute atomic E-state index is 0.337. The fourth-order valence-corrected chi connectivity index (χ4v) is 0.889. The first-order valence-corrected chi connectivity index (χ1v) is 4.07. The highest BCUT2D eigenvalue weighted by molar-refractivity contribution is 5.90. The van der Waals surface area contributed by atoms with Crippen molar-refractivity contribution in [1.82, 2.24) is 5.32 Å². The van der Waals surface area contributed by atoms with Gasteiger partial charge in [0.15, 0.2) is 0 Å². The third-order valence-electron chi connectivity index (χ3n) is 1.43. The van der Waals surface area contributed by atoms with Gasteiger partial charge in [0.05, 0.1) is 0 Å². The van der Waals surface area contributed by atoms with Crippen LogP contribution in [0.2, 0.25) is 0 Å². The van der Waals surface area contributed by atoms with E-state index in [0.29, 0.717) is 11.4 Å². The molecular formula is C10H11FN2O. The van der Waals surface area contributed by atoms with Crippen molar-refractivity contribution in [3.63, 3.8) is 0 Å². The standard InChI is InChI=1S/C10H11FN2O/c1-7(2)12-10(14)13-9-5-3-8(11)4-6-9/h3-6H,1H2,2H3,(H2,12,13,14). The summed E-state index contributed by atoms with van der Waals surface area (Å²) in [5.74, 6) is -0.337. The first-order chi connectivity index (χ1) is 6.58. The third-order valence-corrected chi connectivity index (χ3v) is 1.43. The van der Waals surface area contributed by atoms with Gasteiger partial charge >= 0.3 is 6.03 Å². The Kier molecular flexibility index (Phi) is 3.23. The molecule has 14 heavy (non-hydrogen) atoms. The van der Waals surface area contributed by atoms with E-state index < -0.39 is 0 Å². The zero-order valence-corrected chi connectivity index (χ0v) is 7.80. The molecule has 0 aliphatic rings. The maximum absolute atomic E-state index is 12.5. The van der Waals surface area contributed by atoms with Gasteiger partial charge in [-0.15, -0.1) is 0 Å². The Balaban J connectivity index is 2.56. The van der Waals surface area contributed by atoms with Crippen LogP contribution < -0.4 is 10.6 Å². The smallest absolute Gasteiger partial charge is 0.312 e. The van der Waals surface area contributed by atoms with E-state index >= 15 is 0 Å². The highest BCUT2D eigenvalue weighted by Crippen LogP contribution is 2.07. The Morgan fingerprint density at radius 1 is 1.36 bits per heavy atom. The van der Waals surface area contributed by atoms with E-state index in [0.717, 1.165) is 0 Å². The summed E-state index contributed by atoms with van der Waals surface area (Å²) in [5, 5.41) is 4.99. The number of amides is 2. The summed E-state index contributed by atoms with van der Waals surface area (Å²) in [6.07, 6.45) is 0. The normalized spacial score (nSPS) is 9.29. The molecule has 0 unspecified atom stereocenters. The van der Waals surface area contributed by atoms with Gasteiger partial charge in [0, 0.05) is 11.4 Å². The predicted molar refractivity (Wildman–Crippen MR) is 53.4 cm³/mol. The number of benzene rings is 1. The van der Waals surface area contributed by atoms with E-state index in [1.807, 2.05) is 0 Å². The summed E-state index contributed by atoms with van der Waals surface area (Å²) < 4.78 is 12.5. The molecule has 0 aliphatic heterocycles. The largest absolute Gasteiger partial charge is 0.323 e. The molecule has 2 amide bonds. The van der Waals surface area contributed by atoms with Crippen molar-refractivity contribution >= 4 is 11.7 Å². The molecule has 0 saturated carbocycles. The van der Waals surface area contributed by atoms with Crippen molar-refractivity contribution in [3.05, 3.63) is 42.4 Å². The second-order valence-corrected chi connectivity index (χ2v) is 2.87. The number of hydrogen-bond donors (Lipinski definition) is 2. The lowest BCUT2D eigenvalue weighted by Crippen LogP contribution is -2.26. The maximum Gasteiger partial charge on any atom is 0.323 e. The molecule has 0 heterocycles. The van der Waals surface area contributed by atoms with Gasteiger partial charge < -0.3 is 10.6 Å². The molecule has 0 aromatic heterocycles. The molecule has 1 aromatic rings. The second-order valence-electron chi connectivity index (χ2n) is 2.87. The number of carbonyl (C=O) groups is 1. The van der Waals surface area contributed by atoms with Crippen LogP contribution >= 0.6 is 0 Å². The molecule has 0 saturated heterocycles. The molecule has 4 heteroatoms. The van der Waals surface area contributed by atoms with E-state index in [9.17, 15) is 9.18 Å². The Labute approximate surface area is 81.6 Å². The molecule has 0 radical (unpaired) electrons. The van der Waals surface area contributed by atoms with Crippen molar-refractivity contribution in [2.75, 3.05) is 5.32 Å². The molecule has 74 valence electrons. The number of hydrogen-bond acceptors (Lipinski definition) is 1. The Morgan fingerprint density at radius 2 is 1.93 bits per heavy atom. The lowest BCUT2D eigenvalue weighted by atomic mass is 10.3. The third kappa shape index (κ3) is 3.26. The topological polar surface area (TPSA) is 41.1 Å². The number of rotatable bonds is 2. The van der Waals surface area contributed by atoms with Crippen molar-refractivity contribution in [3.8, 4) is 0 Å². The van der Waals surface area contributed by atoms with Crippen LogP contribution in [0.4, 0.5) is 14.9 Å². The summed E-state index contributed by atoms with van der Waals surface area (Å²) in [6, 6.07) is 5.12. The number of halogens is 1. The SMILES string of the molecule is C=C(C)NC(=O)Nc1ccc(F)cc1. The summed E-state index contributed by atoms with van der Waals surface area (Å²) in [4.78, 5) is 11.1. The molecule has 3 nitrogen and oxygen atoms in total. The van der Waals surface area contributed by atoms with E-state index in [1.54, 1.807) is 6.92 Å². The van der Waals surface area contributed by atoms with Crippen molar-refractivity contribution in [2.24, 2.45) is 0 Å². The highest BCUT2D eigenvalue weighted by Gasteiger charge is 2.00. The molecular weight excluding hydrogens is 183 g/mol. The molecule has 0 bridgehead atoms. The van der Waals surface area contributed by atoms with Crippen LogP contribution in [0.25, 0.3) is 0 Å². The monoisotopic (exact) mass is 194 g/mol. The lowest BCUT2D eigenvalue weighted by Gasteiger charge is -2.06. The molecule has 1 aromatic carbocycles. The molecule has 0 fully saturated rings. The molecule has 0 spiro atoms. The van der Waals surface area contributed by atoms with Crippen LogP contribution in [-0.4, -0.2) is 6.03 Å². The zero-order chi connectivity index (χ0) is 10.6. The Hall–Kier alpha value is -1.84. The fraction of sp³-hybridized carbons (Fsp3) is 0.100. The highest BCUT2D eigenvalue weighted by atomic mass is 19.1. The lowest BCUT2D eigenvalue weighted by molar-refractivity contribution is 0.254. The quantitative estimate of drug-likeness (QED) is 0.746. The van der Waals surface area contributed by atoms with Crippen LogP contribution in [-0.2, 0) is 0 Å². The van der Waals surface area contributed by atoms with E-state index in [4.69, 9.17) is 0 Å². The van der Waals surface area contributed by atoms with Gasteiger partial charge in [-0.05, 0) is 31.2 Å². The Morgan fingerprint density at radius 3 is 2.43 bits per heavy atom. The van der Waals surface area contributed by atoms with Gasteiger partial charge in [-0.3, -0.25) is 0 Å². The van der Waals surface area contributed by atoms with Gasteiger partial charge in [0.2, 0.25) is 0 Å². The summed E-state index contributed by atoms with van der Waals surface area (Å²) in [5.41, 5.74) is 1.08. The number of urea groups is 1. The summed E-state index contributed by atoms with van der Waals surface area (Å²) >= 11 is 0. The van der Waals surface area contributed by atoms with Crippen molar-refractivity contribution in [1.29, 1.82) is 0 Å². The maximum atomic E-state index is 12.5. The molecule has 2 N–H and O–H groups in total. The first-order valence-electron chi connectivity index (χ1n) is 4.07. The fourth-order valence-electron chi connectivity index (χ4n) is 0.889. The number of allylic oxidation sites excluding steroid dienone is 1. The molecule has 1 rings (SSSR count). The van der Waals surface area contributed by atoms with Gasteiger partial charge in [-0.1, -0.05) is 6.58 Å². The Bertz CT molecular complexity index is 346. The number of anilines is 1. The van der Waals surface area contributed by atoms with Gasteiger partial charge in [-0.25, -0.2) is 9.18 Å². The van der Waals surface area contributed by atoms with Crippen LogP contribution in [0.3, 0.4) is 0 Å². The van der Waals surface area contributed by atoms with E-state index in [2.05, 4.69) is 17.2 Å². The van der Waals surface area contributed by atoms with Crippen LogP contribution in [0, 0.1) is 5.82 Å². The average Bonchev–Trinajstić information content (AvgIpc) is 2.07. The predicted octanol–water partition coefficient (Wildman–Crippen LogP) is 2.48. The minimum Gasteiger partial charge on any atom is -0.312 e. The number of nitrogens with one attached hydrogen (secondary N) is 2. The van der Waals surface area contributed by atoms with E-state index in [1.165, 1.54) is 24.3 Å². The molecule has 0 aliphatic carbocycles. The van der Waals surface area contributed by atoms with Crippen LogP contribution in [0.15, 0.2) is 36.5 Å². The second kappa shape index (κ2) is 4.41. The number of carbonyl (C=O) groups excluding carboxylic acids is 1. The van der Waals surface area contributed by atoms with Crippen molar-refractivity contribution < 1.29 is 9.18 Å². The van der Waals surface area contributed by atoms with E-state index in [-0.39, 0.29) is 11.8 Å². The first kappa shape index (κ1) is 10.2. The summed E-state index contributed by atoms with van der Waals surface area (Å²) in [7, 11) is 0. The molecule has 0 atom stereocenters. The van der Waals surface area contributed by atoms with Gasteiger partial charge in [0.1, 0.15) is 5.82 Å². The average molecular weight is 194 g/mol.